The molecular formula is C2H3HgNO. The Morgan fingerprint density at radius 2 is 2.60 bits per heavy atom. The van der Waals surface area contributed by atoms with Gasteiger partial charge in [-0.1, -0.05) is 0 Å². The topological polar surface area (TPSA) is 29.4 Å². The van der Waals surface area contributed by atoms with Gasteiger partial charge in [0.2, 0.25) is 0 Å². The van der Waals surface area contributed by atoms with Crippen LogP contribution in [0, 0.1) is 0 Å². The van der Waals surface area contributed by atoms with Crippen LogP contribution in [0.2, 0.25) is 4.43 Å². The second-order valence-corrected chi connectivity index (χ2v) is 4.25. The number of nitrogens with zero attached hydrogens (tertiary/aromatic N) is 1. The van der Waals surface area contributed by atoms with E-state index in [0.717, 1.165) is 0 Å². The van der Waals surface area contributed by atoms with Crippen LogP contribution in [0.5, 0.6) is 0 Å². The van der Waals surface area contributed by atoms with Gasteiger partial charge < -0.3 is 0 Å². The van der Waals surface area contributed by atoms with E-state index >= 15 is 0 Å². The SMILES string of the molecule is [CH3][Hg][N]=C=O. The average molecular weight is 258 g/mol. The molecule has 0 aliphatic rings. The number of rotatable bonds is 1. The monoisotopic (exact) mass is 259 g/mol. The number of carbonyl (C=O) groups excluding carboxylic acids is 1. The summed E-state index contributed by atoms with van der Waals surface area (Å²) >= 11 is -0.943. The molecule has 0 fully saturated rings. The molecule has 0 saturated carbocycles. The molecule has 0 unspecified atom stereocenters. The minimum atomic E-state index is -0.943. The van der Waals surface area contributed by atoms with Crippen LogP contribution in [0.25, 0.3) is 0 Å². The zero-order chi connectivity index (χ0) is 4.12. The van der Waals surface area contributed by atoms with Gasteiger partial charge in [-0.2, -0.15) is 0 Å². The molecule has 0 heterocycles. The molecule has 5 heavy (non-hydrogen) atoms. The molecule has 0 amide bonds. The van der Waals surface area contributed by atoms with Gasteiger partial charge in [-0.25, -0.2) is 0 Å². The van der Waals surface area contributed by atoms with Crippen LogP contribution in [0.3, 0.4) is 0 Å². The van der Waals surface area contributed by atoms with Crippen molar-refractivity contribution in [2.45, 2.75) is 4.43 Å². The summed E-state index contributed by atoms with van der Waals surface area (Å²) in [6.07, 6.45) is 1.49. The van der Waals surface area contributed by atoms with Gasteiger partial charge in [0.1, 0.15) is 0 Å². The van der Waals surface area contributed by atoms with E-state index in [1.807, 2.05) is 4.43 Å². The van der Waals surface area contributed by atoms with E-state index in [4.69, 9.17) is 4.79 Å². The molecule has 24 valence electrons. The van der Waals surface area contributed by atoms with Crippen molar-refractivity contribution in [1.82, 2.24) is 0 Å². The van der Waals surface area contributed by atoms with E-state index < -0.39 is 24.9 Å². The van der Waals surface area contributed by atoms with Gasteiger partial charge in [-0.15, -0.1) is 0 Å². The Morgan fingerprint density at radius 3 is 2.60 bits per heavy atom. The molecule has 0 aromatic rings. The molecule has 2 nitrogen and oxygen atoms in total. The fourth-order valence-electron chi connectivity index (χ4n) is 0.0645. The molecule has 3 heteroatoms. The summed E-state index contributed by atoms with van der Waals surface area (Å²) in [6, 6.07) is 0. The summed E-state index contributed by atoms with van der Waals surface area (Å²) in [4.78, 5) is 9.17. The summed E-state index contributed by atoms with van der Waals surface area (Å²) in [5.74, 6) is 0. The molecular weight excluding hydrogens is 255 g/mol. The van der Waals surface area contributed by atoms with Crippen LogP contribution in [0.4, 0.5) is 0 Å². The molecule has 0 aliphatic heterocycles. The Kier molecular flexibility index (Phi) is 4.59. The molecule has 0 bridgehead atoms. The van der Waals surface area contributed by atoms with Gasteiger partial charge in [-0.05, 0) is 0 Å². The average Bonchev–Trinajstić information content (AvgIpc) is 1.41. The van der Waals surface area contributed by atoms with E-state index in [2.05, 4.69) is 2.76 Å². The van der Waals surface area contributed by atoms with Crippen LogP contribution in [0.15, 0.2) is 2.76 Å². The maximum absolute atomic E-state index is 9.17. The molecule has 0 aromatic carbocycles. The van der Waals surface area contributed by atoms with Gasteiger partial charge in [-0.3, -0.25) is 0 Å². The van der Waals surface area contributed by atoms with E-state index in [1.165, 1.54) is 6.08 Å². The van der Waals surface area contributed by atoms with Gasteiger partial charge in [0.05, 0.1) is 0 Å². The van der Waals surface area contributed by atoms with Crippen molar-refractivity contribution in [3.63, 3.8) is 0 Å². The molecule has 0 atom stereocenters. The number of hydrogen-bond acceptors (Lipinski definition) is 2. The van der Waals surface area contributed by atoms with Crippen molar-refractivity contribution in [2.24, 2.45) is 2.76 Å². The van der Waals surface area contributed by atoms with Crippen molar-refractivity contribution in [2.75, 3.05) is 0 Å². The summed E-state index contributed by atoms with van der Waals surface area (Å²) in [7, 11) is 0. The van der Waals surface area contributed by atoms with Crippen molar-refractivity contribution in [3.8, 4) is 0 Å². The predicted molar refractivity (Wildman–Crippen MR) is 14.0 cm³/mol. The molecule has 0 spiro atoms. The quantitative estimate of drug-likeness (QED) is 0.379. The van der Waals surface area contributed by atoms with Crippen LogP contribution in [-0.4, -0.2) is 6.08 Å². The van der Waals surface area contributed by atoms with Gasteiger partial charge in [0, 0.05) is 0 Å². The first-order chi connectivity index (χ1) is 2.41. The Morgan fingerprint density at radius 1 is 2.00 bits per heavy atom. The van der Waals surface area contributed by atoms with E-state index in [-0.39, 0.29) is 0 Å². The number of isocyanates is 1. The predicted octanol–water partition coefficient (Wildman–Crippen LogP) is 0.368. The summed E-state index contributed by atoms with van der Waals surface area (Å²) in [5, 5.41) is 0. The summed E-state index contributed by atoms with van der Waals surface area (Å²) in [6.45, 7) is 0. The molecule has 0 aromatic heterocycles. The molecule has 0 rings (SSSR count). The number of hydrogen-bond donors (Lipinski definition) is 0. The Bertz CT molecular complexity index is 56.7. The van der Waals surface area contributed by atoms with Gasteiger partial charge in [0.25, 0.3) is 0 Å². The molecule has 0 N–H and O–H groups in total. The summed E-state index contributed by atoms with van der Waals surface area (Å²) < 4.78 is 5.39. The molecule has 0 radical (unpaired) electrons. The second-order valence-electron chi connectivity index (χ2n) is 0.566. The Balaban J connectivity index is 2.93. The van der Waals surface area contributed by atoms with Crippen LogP contribution < -0.4 is 0 Å². The van der Waals surface area contributed by atoms with E-state index in [0.29, 0.717) is 0 Å². The summed E-state index contributed by atoms with van der Waals surface area (Å²) in [5.41, 5.74) is 0. The normalized spacial score (nSPS) is 4.20. The van der Waals surface area contributed by atoms with Crippen LogP contribution in [0.1, 0.15) is 0 Å². The zero-order valence-electron chi connectivity index (χ0n) is 3.06. The van der Waals surface area contributed by atoms with E-state index in [1.54, 1.807) is 0 Å². The van der Waals surface area contributed by atoms with Crippen molar-refractivity contribution >= 4 is 6.08 Å². The third kappa shape index (κ3) is 4.32. The third-order valence-electron chi connectivity index (χ3n) is 0.223. The first-order valence-electron chi connectivity index (χ1n) is 1.45. The molecule has 0 aliphatic carbocycles. The van der Waals surface area contributed by atoms with Crippen LogP contribution >= 0.6 is 0 Å². The van der Waals surface area contributed by atoms with Crippen LogP contribution in [-0.2, 0) is 29.7 Å². The van der Waals surface area contributed by atoms with Crippen molar-refractivity contribution in [1.29, 1.82) is 0 Å². The second kappa shape index (κ2) is 4.32. The molecule has 0 saturated heterocycles. The van der Waals surface area contributed by atoms with E-state index in [9.17, 15) is 0 Å². The van der Waals surface area contributed by atoms with Crippen molar-refractivity contribution < 1.29 is 29.7 Å². The first-order valence-corrected chi connectivity index (χ1v) is 9.41. The Hall–Kier alpha value is 0.315. The zero-order valence-corrected chi connectivity index (χ0v) is 8.56. The standard InChI is InChI=1S/CNO.CH3.Hg/c2-1-3;;/h;1H3;/q-1;;+1. The van der Waals surface area contributed by atoms with Gasteiger partial charge in [0.15, 0.2) is 0 Å². The minimum absolute atomic E-state index is 0.943. The third-order valence-corrected chi connectivity index (χ3v) is 1.95. The fraction of sp³-hybridized carbons (Fsp3) is 0.500. The van der Waals surface area contributed by atoms with Crippen molar-refractivity contribution in [3.05, 3.63) is 0 Å². The fourth-order valence-corrected chi connectivity index (χ4v) is 0.566. The first kappa shape index (κ1) is 5.32. The maximum atomic E-state index is 9.17. The van der Waals surface area contributed by atoms with Gasteiger partial charge >= 0.3 is 42.9 Å². The Labute approximate surface area is 43.1 Å².